The summed E-state index contributed by atoms with van der Waals surface area (Å²) < 4.78 is 12.4. The summed E-state index contributed by atoms with van der Waals surface area (Å²) in [6, 6.07) is 8.42. The van der Waals surface area contributed by atoms with E-state index in [9.17, 15) is 9.90 Å². The first kappa shape index (κ1) is 18.8. The molecule has 150 valence electrons. The van der Waals surface area contributed by atoms with Crippen LogP contribution < -0.4 is 14.8 Å². The molecule has 1 atom stereocenters. The number of nitrogens with zero attached hydrogens (tertiary/aromatic N) is 4. The number of urea groups is 1. The lowest BCUT2D eigenvalue weighted by molar-refractivity contribution is 0.105. The number of pyridine rings is 1. The van der Waals surface area contributed by atoms with E-state index in [1.807, 2.05) is 0 Å². The van der Waals surface area contributed by atoms with Crippen LogP contribution in [0.4, 0.5) is 10.5 Å². The molecule has 3 heterocycles. The van der Waals surface area contributed by atoms with Gasteiger partial charge >= 0.3 is 6.03 Å². The molecule has 4 rings (SSSR count). The van der Waals surface area contributed by atoms with Crippen LogP contribution in [0.5, 0.6) is 11.5 Å². The molecule has 1 aliphatic heterocycles. The molecule has 1 aliphatic rings. The number of aromatic nitrogens is 3. The number of β-amino-alcohol motifs (C(OH)–C–C–N with tert-alkyl or cyclic N) is 1. The van der Waals surface area contributed by atoms with Gasteiger partial charge in [-0.25, -0.2) is 14.5 Å². The van der Waals surface area contributed by atoms with Gasteiger partial charge in [0.2, 0.25) is 0 Å². The van der Waals surface area contributed by atoms with Crippen molar-refractivity contribution in [3.63, 3.8) is 0 Å². The Morgan fingerprint density at radius 2 is 1.97 bits per heavy atom. The Hall–Kier alpha value is -3.59. The number of aliphatic hydroxyl groups is 1. The fourth-order valence-electron chi connectivity index (χ4n) is 3.50. The van der Waals surface area contributed by atoms with Gasteiger partial charge in [-0.15, -0.1) is 0 Å². The van der Waals surface area contributed by atoms with Crippen LogP contribution in [0.25, 0.3) is 5.82 Å². The molecule has 1 unspecified atom stereocenters. The van der Waals surface area contributed by atoms with Crippen molar-refractivity contribution in [2.24, 2.45) is 0 Å². The molecule has 2 amide bonds. The number of ether oxygens (including phenoxy) is 2. The number of aliphatic hydroxyl groups excluding tert-OH is 1. The molecule has 0 saturated carbocycles. The average Bonchev–Trinajstić information content (AvgIpc) is 3.27. The number of hydrogen-bond acceptors (Lipinski definition) is 6. The molecule has 29 heavy (non-hydrogen) atoms. The first-order valence-electron chi connectivity index (χ1n) is 9.05. The second kappa shape index (κ2) is 7.80. The smallest absolute Gasteiger partial charge is 0.322 e. The summed E-state index contributed by atoms with van der Waals surface area (Å²) in [4.78, 5) is 18.8. The highest BCUT2D eigenvalue weighted by Crippen LogP contribution is 2.39. The standard InChI is InChI=1S/C20H21N5O4/c1-28-16-6-7-17(29-2)18-13(16)11-24(12-15(18)26)20(27)23-14-5-3-8-21-19(14)25-10-4-9-22-25/h3-10,15,26H,11-12H2,1-2H3,(H,23,27). The van der Waals surface area contributed by atoms with Crippen molar-refractivity contribution >= 4 is 11.7 Å². The third-order valence-electron chi connectivity index (χ3n) is 4.83. The Balaban J connectivity index is 1.61. The maximum atomic E-state index is 13.0. The summed E-state index contributed by atoms with van der Waals surface area (Å²) in [5, 5.41) is 17.7. The second-order valence-electron chi connectivity index (χ2n) is 6.51. The number of methoxy groups -OCH3 is 2. The van der Waals surface area contributed by atoms with Crippen LogP contribution in [0.3, 0.4) is 0 Å². The summed E-state index contributed by atoms with van der Waals surface area (Å²) >= 11 is 0. The van der Waals surface area contributed by atoms with Crippen molar-refractivity contribution in [1.29, 1.82) is 0 Å². The van der Waals surface area contributed by atoms with Crippen LogP contribution in [0.15, 0.2) is 48.9 Å². The third-order valence-corrected chi connectivity index (χ3v) is 4.83. The number of nitrogens with one attached hydrogen (secondary N) is 1. The molecule has 0 aliphatic carbocycles. The topological polar surface area (TPSA) is 102 Å². The molecule has 0 bridgehead atoms. The summed E-state index contributed by atoms with van der Waals surface area (Å²) in [7, 11) is 3.10. The molecule has 2 N–H and O–H groups in total. The van der Waals surface area contributed by atoms with Crippen LogP contribution >= 0.6 is 0 Å². The second-order valence-corrected chi connectivity index (χ2v) is 6.51. The van der Waals surface area contributed by atoms with Gasteiger partial charge in [-0.3, -0.25) is 0 Å². The molecule has 1 aromatic carbocycles. The summed E-state index contributed by atoms with van der Waals surface area (Å²) in [6.07, 6.45) is 4.12. The van der Waals surface area contributed by atoms with Crippen LogP contribution in [-0.4, -0.2) is 51.6 Å². The molecule has 3 aromatic rings. The van der Waals surface area contributed by atoms with Gasteiger partial charge in [-0.1, -0.05) is 0 Å². The Labute approximate surface area is 167 Å². The predicted octanol–water partition coefficient (Wildman–Crippen LogP) is 2.37. The Morgan fingerprint density at radius 3 is 2.69 bits per heavy atom. The zero-order valence-corrected chi connectivity index (χ0v) is 16.1. The highest BCUT2D eigenvalue weighted by atomic mass is 16.5. The van der Waals surface area contributed by atoms with E-state index in [-0.39, 0.29) is 19.1 Å². The van der Waals surface area contributed by atoms with Gasteiger partial charge in [0.15, 0.2) is 5.82 Å². The van der Waals surface area contributed by atoms with Crippen LogP contribution in [-0.2, 0) is 6.54 Å². The lowest BCUT2D eigenvalue weighted by atomic mass is 9.95. The summed E-state index contributed by atoms with van der Waals surface area (Å²) in [6.45, 7) is 0.399. The molecule has 9 heteroatoms. The maximum absolute atomic E-state index is 13.0. The number of anilines is 1. The van der Waals surface area contributed by atoms with Crippen molar-refractivity contribution in [2.75, 3.05) is 26.1 Å². The number of amides is 2. The number of benzene rings is 1. The van der Waals surface area contributed by atoms with Gasteiger partial charge in [0.05, 0.1) is 33.0 Å². The first-order chi connectivity index (χ1) is 14.1. The van der Waals surface area contributed by atoms with E-state index in [1.165, 1.54) is 4.90 Å². The number of rotatable bonds is 4. The monoisotopic (exact) mass is 395 g/mol. The fraction of sp³-hybridized carbons (Fsp3) is 0.250. The Bertz CT molecular complexity index is 1020. The molecule has 9 nitrogen and oxygen atoms in total. The highest BCUT2D eigenvalue weighted by Gasteiger charge is 2.32. The minimum atomic E-state index is -0.894. The van der Waals surface area contributed by atoms with Gasteiger partial charge in [0.25, 0.3) is 0 Å². The maximum Gasteiger partial charge on any atom is 0.322 e. The Kier molecular flexibility index (Phi) is 5.05. The van der Waals surface area contributed by atoms with Crippen molar-refractivity contribution in [3.8, 4) is 17.3 Å². The molecular formula is C20H21N5O4. The number of hydrogen-bond donors (Lipinski definition) is 2. The highest BCUT2D eigenvalue weighted by molar-refractivity contribution is 5.91. The third kappa shape index (κ3) is 3.47. The molecule has 0 fully saturated rings. The average molecular weight is 395 g/mol. The molecule has 0 saturated heterocycles. The zero-order valence-electron chi connectivity index (χ0n) is 16.1. The zero-order chi connectivity index (χ0) is 20.4. The molecule has 0 radical (unpaired) electrons. The van der Waals surface area contributed by atoms with E-state index >= 15 is 0 Å². The van der Waals surface area contributed by atoms with E-state index in [0.717, 1.165) is 5.56 Å². The fourth-order valence-corrected chi connectivity index (χ4v) is 3.50. The van der Waals surface area contributed by atoms with Crippen molar-refractivity contribution in [3.05, 3.63) is 60.0 Å². The van der Waals surface area contributed by atoms with E-state index in [1.54, 1.807) is 67.8 Å². The van der Waals surface area contributed by atoms with Gasteiger partial charge < -0.3 is 24.8 Å². The molecule has 0 spiro atoms. The van der Waals surface area contributed by atoms with Gasteiger partial charge in [0.1, 0.15) is 17.6 Å². The van der Waals surface area contributed by atoms with Gasteiger partial charge in [0, 0.05) is 29.7 Å². The van der Waals surface area contributed by atoms with Crippen molar-refractivity contribution < 1.29 is 19.4 Å². The SMILES string of the molecule is COc1ccc(OC)c2c1CN(C(=O)Nc1cccnc1-n1cccn1)CC2O. The van der Waals surface area contributed by atoms with E-state index < -0.39 is 6.10 Å². The van der Waals surface area contributed by atoms with Crippen LogP contribution in [0.2, 0.25) is 0 Å². The van der Waals surface area contributed by atoms with Crippen molar-refractivity contribution in [2.45, 2.75) is 12.6 Å². The van der Waals surface area contributed by atoms with Crippen molar-refractivity contribution in [1.82, 2.24) is 19.7 Å². The quantitative estimate of drug-likeness (QED) is 0.703. The summed E-state index contributed by atoms with van der Waals surface area (Å²) in [5.74, 6) is 1.67. The van der Waals surface area contributed by atoms with E-state index in [2.05, 4.69) is 15.4 Å². The van der Waals surface area contributed by atoms with Crippen LogP contribution in [0.1, 0.15) is 17.2 Å². The largest absolute Gasteiger partial charge is 0.496 e. The number of fused-ring (bicyclic) bond motifs is 1. The van der Waals surface area contributed by atoms with Gasteiger partial charge in [-0.05, 0) is 30.3 Å². The normalized spacial score (nSPS) is 15.6. The van der Waals surface area contributed by atoms with Gasteiger partial charge in [-0.2, -0.15) is 5.10 Å². The number of carbonyl (C=O) groups is 1. The Morgan fingerprint density at radius 1 is 1.17 bits per heavy atom. The first-order valence-corrected chi connectivity index (χ1v) is 9.05. The summed E-state index contributed by atoms with van der Waals surface area (Å²) in [5.41, 5.74) is 1.88. The minimum Gasteiger partial charge on any atom is -0.496 e. The van der Waals surface area contributed by atoms with Crippen LogP contribution in [0, 0.1) is 0 Å². The molecular weight excluding hydrogens is 374 g/mol. The van der Waals surface area contributed by atoms with E-state index in [4.69, 9.17) is 9.47 Å². The lowest BCUT2D eigenvalue weighted by Gasteiger charge is -2.34. The minimum absolute atomic E-state index is 0.125. The predicted molar refractivity (Wildman–Crippen MR) is 105 cm³/mol. The lowest BCUT2D eigenvalue weighted by Crippen LogP contribution is -2.41. The molecule has 2 aromatic heterocycles. The number of carbonyl (C=O) groups excluding carboxylic acids is 1. The van der Waals surface area contributed by atoms with E-state index in [0.29, 0.717) is 28.6 Å².